The number of hydrogen-bond donors (Lipinski definition) is 3. The highest BCUT2D eigenvalue weighted by Gasteiger charge is 2.15. The topological polar surface area (TPSA) is 79.5 Å². The fourth-order valence-electron chi connectivity index (χ4n) is 2.39. The van der Waals surface area contributed by atoms with Crippen molar-refractivity contribution >= 4 is 23.2 Å². The summed E-state index contributed by atoms with van der Waals surface area (Å²) in [5.41, 5.74) is 1.74. The van der Waals surface area contributed by atoms with Crippen molar-refractivity contribution in [2.45, 2.75) is 39.7 Å². The van der Waals surface area contributed by atoms with Gasteiger partial charge in [0.15, 0.2) is 0 Å². The molecule has 2 rings (SSSR count). The van der Waals surface area contributed by atoms with Crippen molar-refractivity contribution in [3.05, 3.63) is 54.1 Å². The molecule has 0 aliphatic rings. The van der Waals surface area contributed by atoms with Crippen LogP contribution in [-0.4, -0.2) is 30.5 Å². The van der Waals surface area contributed by atoms with Crippen molar-refractivity contribution in [3.8, 4) is 5.75 Å². The smallest absolute Gasteiger partial charge is 0.251 e. The van der Waals surface area contributed by atoms with Crippen LogP contribution in [0.1, 0.15) is 44.5 Å². The first-order valence-electron chi connectivity index (χ1n) is 9.46. The summed E-state index contributed by atoms with van der Waals surface area (Å²) >= 11 is 0. The molecule has 0 saturated carbocycles. The maximum absolute atomic E-state index is 12.1. The van der Waals surface area contributed by atoms with Crippen LogP contribution in [0.5, 0.6) is 5.75 Å². The van der Waals surface area contributed by atoms with Crippen molar-refractivity contribution < 1.29 is 14.3 Å². The Morgan fingerprint density at radius 1 is 0.929 bits per heavy atom. The van der Waals surface area contributed by atoms with Crippen LogP contribution in [0.25, 0.3) is 0 Å². The molecule has 0 aliphatic carbocycles. The van der Waals surface area contributed by atoms with Crippen molar-refractivity contribution in [3.63, 3.8) is 0 Å². The van der Waals surface area contributed by atoms with Crippen molar-refractivity contribution in [2.24, 2.45) is 0 Å². The van der Waals surface area contributed by atoms with E-state index >= 15 is 0 Å². The maximum atomic E-state index is 12.1. The molecule has 150 valence electrons. The summed E-state index contributed by atoms with van der Waals surface area (Å²) in [7, 11) is 0. The lowest BCUT2D eigenvalue weighted by molar-refractivity contribution is -0.114. The summed E-state index contributed by atoms with van der Waals surface area (Å²) in [4.78, 5) is 24.2. The number of amides is 2. The van der Waals surface area contributed by atoms with Gasteiger partial charge in [0.1, 0.15) is 5.75 Å². The fraction of sp³-hybridized carbons (Fsp3) is 0.364. The SMILES string of the molecule is CCCOc1ccc(NCC(=O)Nc2ccc(C(=O)NC(C)(C)C)cc2)cc1. The number of carbonyl (C=O) groups is 2. The second-order valence-corrected chi connectivity index (χ2v) is 7.56. The number of ether oxygens (including phenoxy) is 1. The highest BCUT2D eigenvalue weighted by Crippen LogP contribution is 2.16. The van der Waals surface area contributed by atoms with Gasteiger partial charge in [0.25, 0.3) is 5.91 Å². The van der Waals surface area contributed by atoms with Crippen molar-refractivity contribution in [1.82, 2.24) is 5.32 Å². The van der Waals surface area contributed by atoms with Gasteiger partial charge in [0.05, 0.1) is 13.2 Å². The van der Waals surface area contributed by atoms with Crippen molar-refractivity contribution in [2.75, 3.05) is 23.8 Å². The van der Waals surface area contributed by atoms with Gasteiger partial charge in [-0.05, 0) is 75.7 Å². The third-order valence-corrected chi connectivity index (χ3v) is 3.70. The Morgan fingerprint density at radius 3 is 2.11 bits per heavy atom. The van der Waals surface area contributed by atoms with Gasteiger partial charge >= 0.3 is 0 Å². The summed E-state index contributed by atoms with van der Waals surface area (Å²) in [6, 6.07) is 14.3. The van der Waals surface area contributed by atoms with Crippen molar-refractivity contribution in [1.29, 1.82) is 0 Å². The van der Waals surface area contributed by atoms with E-state index in [2.05, 4.69) is 22.9 Å². The largest absolute Gasteiger partial charge is 0.494 e. The van der Waals surface area contributed by atoms with E-state index in [1.165, 1.54) is 0 Å². The third-order valence-electron chi connectivity index (χ3n) is 3.70. The molecular weight excluding hydrogens is 354 g/mol. The molecule has 0 saturated heterocycles. The Hall–Kier alpha value is -3.02. The van der Waals surface area contributed by atoms with Crippen LogP contribution < -0.4 is 20.7 Å². The second-order valence-electron chi connectivity index (χ2n) is 7.56. The predicted octanol–water partition coefficient (Wildman–Crippen LogP) is 4.05. The normalized spacial score (nSPS) is 10.9. The van der Waals surface area contributed by atoms with Crippen LogP contribution in [0.2, 0.25) is 0 Å². The van der Waals surface area contributed by atoms with E-state index in [-0.39, 0.29) is 23.9 Å². The summed E-state index contributed by atoms with van der Waals surface area (Å²) in [5, 5.41) is 8.78. The zero-order valence-electron chi connectivity index (χ0n) is 17.0. The Labute approximate surface area is 166 Å². The monoisotopic (exact) mass is 383 g/mol. The molecule has 0 fully saturated rings. The number of nitrogens with one attached hydrogen (secondary N) is 3. The third kappa shape index (κ3) is 7.31. The van der Waals surface area contributed by atoms with Crippen LogP contribution in [0.15, 0.2) is 48.5 Å². The first-order chi connectivity index (χ1) is 13.3. The van der Waals surface area contributed by atoms with E-state index in [9.17, 15) is 9.59 Å². The molecular formula is C22H29N3O3. The molecule has 2 aromatic carbocycles. The zero-order valence-corrected chi connectivity index (χ0v) is 17.0. The second kappa shape index (κ2) is 9.78. The van der Waals surface area contributed by atoms with Crippen LogP contribution in [0.4, 0.5) is 11.4 Å². The average Bonchev–Trinajstić information content (AvgIpc) is 2.65. The average molecular weight is 383 g/mol. The van der Waals surface area contributed by atoms with E-state index in [0.29, 0.717) is 17.9 Å². The van der Waals surface area contributed by atoms with Gasteiger partial charge in [-0.25, -0.2) is 0 Å². The zero-order chi connectivity index (χ0) is 20.6. The molecule has 6 heteroatoms. The van der Waals surface area contributed by atoms with E-state index in [1.54, 1.807) is 24.3 Å². The fourth-order valence-corrected chi connectivity index (χ4v) is 2.39. The lowest BCUT2D eigenvalue weighted by Crippen LogP contribution is -2.40. The summed E-state index contributed by atoms with van der Waals surface area (Å²) in [6.07, 6.45) is 0.961. The van der Waals surface area contributed by atoms with Crippen LogP contribution in [0.3, 0.4) is 0 Å². The number of hydrogen-bond acceptors (Lipinski definition) is 4. The molecule has 0 heterocycles. The first kappa shape index (κ1) is 21.3. The molecule has 0 unspecified atom stereocenters. The van der Waals surface area contributed by atoms with Gasteiger partial charge in [-0.2, -0.15) is 0 Å². The highest BCUT2D eigenvalue weighted by atomic mass is 16.5. The molecule has 2 aromatic rings. The number of carbonyl (C=O) groups excluding carboxylic acids is 2. The lowest BCUT2D eigenvalue weighted by atomic mass is 10.1. The molecule has 0 spiro atoms. The lowest BCUT2D eigenvalue weighted by Gasteiger charge is -2.20. The standard InChI is InChI=1S/C22H29N3O3/c1-5-14-28-19-12-10-17(11-13-19)23-15-20(26)24-18-8-6-16(7-9-18)21(27)25-22(2,3)4/h6-13,23H,5,14-15H2,1-4H3,(H,24,26)(H,25,27). The summed E-state index contributed by atoms with van der Waals surface area (Å²) < 4.78 is 5.53. The van der Waals surface area contributed by atoms with Gasteiger partial charge in [0, 0.05) is 22.5 Å². The molecule has 0 radical (unpaired) electrons. The van der Waals surface area contributed by atoms with E-state index < -0.39 is 0 Å². The minimum Gasteiger partial charge on any atom is -0.494 e. The van der Waals surface area contributed by atoms with Crippen LogP contribution in [-0.2, 0) is 4.79 Å². The van der Waals surface area contributed by atoms with Crippen LogP contribution >= 0.6 is 0 Å². The first-order valence-corrected chi connectivity index (χ1v) is 9.46. The molecule has 2 amide bonds. The Kier molecular flexibility index (Phi) is 7.44. The maximum Gasteiger partial charge on any atom is 0.251 e. The summed E-state index contributed by atoms with van der Waals surface area (Å²) in [6.45, 7) is 8.67. The Morgan fingerprint density at radius 2 is 1.54 bits per heavy atom. The van der Waals surface area contributed by atoms with Gasteiger partial charge in [-0.3, -0.25) is 9.59 Å². The molecule has 6 nitrogen and oxygen atoms in total. The highest BCUT2D eigenvalue weighted by molar-refractivity contribution is 5.96. The van der Waals surface area contributed by atoms with E-state index in [4.69, 9.17) is 4.74 Å². The van der Waals surface area contributed by atoms with Gasteiger partial charge in [-0.1, -0.05) is 6.92 Å². The molecule has 28 heavy (non-hydrogen) atoms. The number of anilines is 2. The molecule has 0 atom stereocenters. The number of benzene rings is 2. The number of rotatable bonds is 8. The summed E-state index contributed by atoms with van der Waals surface area (Å²) in [5.74, 6) is 0.504. The van der Waals surface area contributed by atoms with Gasteiger partial charge in [-0.15, -0.1) is 0 Å². The predicted molar refractivity (Wildman–Crippen MR) is 113 cm³/mol. The van der Waals surface area contributed by atoms with Gasteiger partial charge in [0.2, 0.25) is 5.91 Å². The quantitative estimate of drug-likeness (QED) is 0.642. The molecule has 0 aromatic heterocycles. The van der Waals surface area contributed by atoms with E-state index in [1.807, 2.05) is 45.0 Å². The molecule has 0 aliphatic heterocycles. The van der Waals surface area contributed by atoms with E-state index in [0.717, 1.165) is 17.9 Å². The van der Waals surface area contributed by atoms with Crippen LogP contribution in [0, 0.1) is 0 Å². The molecule has 0 bridgehead atoms. The van der Waals surface area contributed by atoms with Gasteiger partial charge < -0.3 is 20.7 Å². The minimum atomic E-state index is -0.296. The minimum absolute atomic E-state index is 0.140. The Balaban J connectivity index is 1.82. The Bertz CT molecular complexity index is 778. The molecule has 3 N–H and O–H groups in total.